The van der Waals surface area contributed by atoms with Gasteiger partial charge in [0.1, 0.15) is 0 Å². The van der Waals surface area contributed by atoms with Crippen LogP contribution in [0.5, 0.6) is 0 Å². The molecule has 0 N–H and O–H groups in total. The summed E-state index contributed by atoms with van der Waals surface area (Å²) in [7, 11) is 0. The van der Waals surface area contributed by atoms with E-state index in [1.807, 2.05) is 6.20 Å². The Hall–Kier alpha value is -4.64. The Morgan fingerprint density at radius 2 is 1.12 bits per heavy atom. The first-order valence-electron chi connectivity index (χ1n) is 14.1. The van der Waals surface area contributed by atoms with Gasteiger partial charge in [0.05, 0.1) is 23.3 Å². The van der Waals surface area contributed by atoms with Crippen LogP contribution in [-0.4, -0.2) is 19.9 Å². The van der Waals surface area contributed by atoms with E-state index in [4.69, 9.17) is 4.98 Å². The van der Waals surface area contributed by atoms with E-state index in [2.05, 4.69) is 124 Å². The van der Waals surface area contributed by atoms with E-state index in [-0.39, 0.29) is 0 Å². The smallest absolute Gasteiger partial charge is 0.198 e. The number of aromatic nitrogens is 4. The second kappa shape index (κ2) is 10.1. The van der Waals surface area contributed by atoms with Gasteiger partial charge in [0.15, 0.2) is 11.3 Å². The molecule has 6 aromatic rings. The lowest BCUT2D eigenvalue weighted by atomic mass is 9.88. The van der Waals surface area contributed by atoms with Crippen molar-refractivity contribution in [3.05, 3.63) is 112 Å². The van der Waals surface area contributed by atoms with Crippen molar-refractivity contribution in [2.45, 2.75) is 55.4 Å². The Morgan fingerprint density at radius 1 is 0.537 bits per heavy atom. The Morgan fingerprint density at radius 3 is 1.78 bits per heavy atom. The zero-order valence-electron chi connectivity index (χ0n) is 25.1. The van der Waals surface area contributed by atoms with Crippen LogP contribution in [0.4, 0.5) is 17.1 Å². The molecule has 0 aliphatic rings. The minimum absolute atomic E-state index is 0.555. The number of nitrogens with zero attached hydrogens (tertiary/aromatic N) is 5. The van der Waals surface area contributed by atoms with E-state index < -0.39 is 0 Å². The van der Waals surface area contributed by atoms with Crippen molar-refractivity contribution in [1.29, 1.82) is 0 Å². The van der Waals surface area contributed by atoms with E-state index in [0.29, 0.717) is 11.3 Å². The molecule has 0 unspecified atom stereocenters. The molecule has 0 radical (unpaired) electrons. The summed E-state index contributed by atoms with van der Waals surface area (Å²) in [6.07, 6.45) is 5.13. The van der Waals surface area contributed by atoms with Crippen LogP contribution < -0.4 is 4.90 Å². The number of hydrogen-bond acceptors (Lipinski definition) is 5. The van der Waals surface area contributed by atoms with Crippen LogP contribution in [-0.2, 0) is 0 Å². The first-order chi connectivity index (χ1) is 19.7. The third-order valence-corrected chi connectivity index (χ3v) is 8.80. The van der Waals surface area contributed by atoms with Crippen LogP contribution in [0, 0.1) is 55.4 Å². The quantitative estimate of drug-likeness (QED) is 0.224. The van der Waals surface area contributed by atoms with Gasteiger partial charge in [-0.3, -0.25) is 0 Å². The molecular weight excluding hydrogens is 502 g/mol. The van der Waals surface area contributed by atoms with Crippen LogP contribution in [0.25, 0.3) is 33.3 Å². The van der Waals surface area contributed by atoms with Gasteiger partial charge in [-0.05, 0) is 123 Å². The highest BCUT2D eigenvalue weighted by Gasteiger charge is 2.26. The summed E-state index contributed by atoms with van der Waals surface area (Å²) in [5, 5.41) is 2.46. The van der Waals surface area contributed by atoms with E-state index >= 15 is 0 Å². The van der Waals surface area contributed by atoms with E-state index in [1.165, 1.54) is 66.7 Å². The number of anilines is 3. The molecule has 0 spiro atoms. The van der Waals surface area contributed by atoms with Crippen molar-refractivity contribution >= 4 is 39.1 Å². The molecule has 0 bridgehead atoms. The van der Waals surface area contributed by atoms with Gasteiger partial charge in [0, 0.05) is 23.6 Å². The molecule has 0 aliphatic heterocycles. The van der Waals surface area contributed by atoms with Gasteiger partial charge >= 0.3 is 0 Å². The Labute approximate surface area is 242 Å². The lowest BCUT2D eigenvalue weighted by Gasteiger charge is -2.34. The maximum atomic E-state index is 4.88. The van der Waals surface area contributed by atoms with E-state index in [0.717, 1.165) is 16.9 Å². The van der Waals surface area contributed by atoms with Crippen LogP contribution in [0.3, 0.4) is 0 Å². The number of aryl methyl sites for hydroxylation is 2. The lowest BCUT2D eigenvalue weighted by molar-refractivity contribution is 1.12. The first-order valence-corrected chi connectivity index (χ1v) is 14.1. The molecule has 0 atom stereocenters. The lowest BCUT2D eigenvalue weighted by Crippen LogP contribution is -2.18. The summed E-state index contributed by atoms with van der Waals surface area (Å²) in [6.45, 7) is 17.8. The van der Waals surface area contributed by atoms with Gasteiger partial charge in [-0.2, -0.15) is 0 Å². The molecule has 0 amide bonds. The van der Waals surface area contributed by atoms with Crippen molar-refractivity contribution in [2.75, 3.05) is 4.90 Å². The fraction of sp³-hybridized carbons (Fsp3) is 0.222. The minimum atomic E-state index is 0.555. The second-order valence-electron chi connectivity index (χ2n) is 11.2. The summed E-state index contributed by atoms with van der Waals surface area (Å²) < 4.78 is 0. The third-order valence-electron chi connectivity index (χ3n) is 8.80. The SMILES string of the molecule is Cc1cc(C)c(C)c(N(c2ccc3ccccc3c2)c2c(C)c(C)c(-c3cnc4nccnc4n3)c(C)c2C)c1C. The molecule has 2 aromatic heterocycles. The summed E-state index contributed by atoms with van der Waals surface area (Å²) in [6, 6.07) is 17.7. The molecule has 4 aromatic carbocycles. The number of rotatable bonds is 4. The van der Waals surface area contributed by atoms with E-state index in [1.54, 1.807) is 12.4 Å². The Balaban J connectivity index is 1.66. The van der Waals surface area contributed by atoms with Crippen molar-refractivity contribution < 1.29 is 0 Å². The zero-order valence-corrected chi connectivity index (χ0v) is 25.1. The molecule has 41 heavy (non-hydrogen) atoms. The zero-order chi connectivity index (χ0) is 29.0. The van der Waals surface area contributed by atoms with Crippen molar-refractivity contribution in [3.8, 4) is 11.3 Å². The molecule has 5 heteroatoms. The first kappa shape index (κ1) is 26.6. The van der Waals surface area contributed by atoms with Gasteiger partial charge < -0.3 is 4.90 Å². The van der Waals surface area contributed by atoms with E-state index in [9.17, 15) is 0 Å². The molecule has 2 heterocycles. The fourth-order valence-corrected chi connectivity index (χ4v) is 6.11. The van der Waals surface area contributed by atoms with Gasteiger partial charge in [0.2, 0.25) is 0 Å². The number of benzene rings is 4. The summed E-state index contributed by atoms with van der Waals surface area (Å²) in [5.74, 6) is 0. The Bertz CT molecular complexity index is 1930. The topological polar surface area (TPSA) is 54.8 Å². The van der Waals surface area contributed by atoms with Gasteiger partial charge in [-0.1, -0.05) is 36.4 Å². The van der Waals surface area contributed by atoms with Crippen molar-refractivity contribution in [1.82, 2.24) is 19.9 Å². The average Bonchev–Trinajstić information content (AvgIpc) is 2.98. The fourth-order valence-electron chi connectivity index (χ4n) is 6.11. The third kappa shape index (κ3) is 4.33. The second-order valence-corrected chi connectivity index (χ2v) is 11.2. The standard InChI is InChI=1S/C36H35N5/c1-20-17-21(2)23(4)33(22(20)3)41(30-14-13-28-11-9-10-12-29(28)18-30)34-26(7)24(5)32(25(6)27(34)8)31-19-39-35-36(40-31)38-16-15-37-35/h9-19H,1-8H3. The highest BCUT2D eigenvalue weighted by atomic mass is 15.2. The summed E-state index contributed by atoms with van der Waals surface area (Å²) in [5.41, 5.74) is 16.6. The van der Waals surface area contributed by atoms with Crippen LogP contribution in [0.15, 0.2) is 67.1 Å². The maximum Gasteiger partial charge on any atom is 0.198 e. The highest BCUT2D eigenvalue weighted by Crippen LogP contribution is 2.47. The molecule has 0 fully saturated rings. The van der Waals surface area contributed by atoms with Crippen LogP contribution >= 0.6 is 0 Å². The van der Waals surface area contributed by atoms with Gasteiger partial charge in [0.25, 0.3) is 0 Å². The monoisotopic (exact) mass is 537 g/mol. The van der Waals surface area contributed by atoms with Crippen molar-refractivity contribution in [2.24, 2.45) is 0 Å². The highest BCUT2D eigenvalue weighted by molar-refractivity contribution is 5.93. The maximum absolute atomic E-state index is 4.88. The Kier molecular flexibility index (Phi) is 6.53. The summed E-state index contributed by atoms with van der Waals surface area (Å²) in [4.78, 5) is 20.7. The average molecular weight is 538 g/mol. The predicted octanol–water partition coefficient (Wildman–Crippen LogP) is 9.18. The minimum Gasteiger partial charge on any atom is -0.309 e. The predicted molar refractivity (Wildman–Crippen MR) is 171 cm³/mol. The molecule has 0 aliphatic carbocycles. The number of fused-ring (bicyclic) bond motifs is 2. The molecule has 204 valence electrons. The molecule has 5 nitrogen and oxygen atoms in total. The van der Waals surface area contributed by atoms with Gasteiger partial charge in [-0.25, -0.2) is 19.9 Å². The summed E-state index contributed by atoms with van der Waals surface area (Å²) >= 11 is 0. The van der Waals surface area contributed by atoms with Crippen LogP contribution in [0.2, 0.25) is 0 Å². The van der Waals surface area contributed by atoms with Crippen LogP contribution in [0.1, 0.15) is 44.5 Å². The van der Waals surface area contributed by atoms with Crippen molar-refractivity contribution in [3.63, 3.8) is 0 Å². The molecular formula is C36H35N5. The largest absolute Gasteiger partial charge is 0.309 e. The molecule has 0 saturated carbocycles. The molecule has 6 rings (SSSR count). The van der Waals surface area contributed by atoms with Gasteiger partial charge in [-0.15, -0.1) is 0 Å². The normalized spacial score (nSPS) is 11.4. The number of hydrogen-bond donors (Lipinski definition) is 0. The molecule has 0 saturated heterocycles.